The first-order valence-corrected chi connectivity index (χ1v) is 8.37. The van der Waals surface area contributed by atoms with Crippen molar-refractivity contribution in [3.63, 3.8) is 0 Å². The summed E-state index contributed by atoms with van der Waals surface area (Å²) < 4.78 is 5.27. The Kier molecular flexibility index (Phi) is 3.63. The molecule has 23 heavy (non-hydrogen) atoms. The number of hydrogen-bond acceptors (Lipinski definition) is 7. The van der Waals surface area contributed by atoms with Crippen molar-refractivity contribution < 1.29 is 4.52 Å². The lowest BCUT2D eigenvalue weighted by atomic mass is 10.2. The molecule has 7 nitrogen and oxygen atoms in total. The van der Waals surface area contributed by atoms with E-state index in [0.717, 1.165) is 31.3 Å². The summed E-state index contributed by atoms with van der Waals surface area (Å²) in [6.45, 7) is 5.90. The Hall–Kier alpha value is -2.18. The van der Waals surface area contributed by atoms with Gasteiger partial charge in [-0.15, -0.1) is 0 Å². The minimum atomic E-state index is 0.271. The lowest BCUT2D eigenvalue weighted by Gasteiger charge is -2.16. The quantitative estimate of drug-likeness (QED) is 0.908. The van der Waals surface area contributed by atoms with Crippen molar-refractivity contribution in [2.24, 2.45) is 0 Å². The lowest BCUT2D eigenvalue weighted by Crippen LogP contribution is -2.27. The normalized spacial score (nSPS) is 21.2. The van der Waals surface area contributed by atoms with Gasteiger partial charge in [0.1, 0.15) is 0 Å². The highest BCUT2D eigenvalue weighted by Gasteiger charge is 2.29. The van der Waals surface area contributed by atoms with Crippen LogP contribution in [0.15, 0.2) is 16.8 Å². The van der Waals surface area contributed by atoms with Crippen molar-refractivity contribution >= 4 is 12.0 Å². The summed E-state index contributed by atoms with van der Waals surface area (Å²) >= 11 is 0. The molecular formula is C16H22N6O. The third-order valence-corrected chi connectivity index (χ3v) is 4.42. The van der Waals surface area contributed by atoms with E-state index in [1.807, 2.05) is 12.3 Å². The topological polar surface area (TPSA) is 80.0 Å². The summed E-state index contributed by atoms with van der Waals surface area (Å²) in [6, 6.07) is 2.83. The molecule has 4 rings (SSSR count). The van der Waals surface area contributed by atoms with Gasteiger partial charge in [-0.3, -0.25) is 0 Å². The van der Waals surface area contributed by atoms with Crippen LogP contribution in [-0.2, 0) is 0 Å². The SMILES string of the molecule is CC(C)c1noc(NC2CCN(c3nccc(C4CC4)n3)C2)n1. The summed E-state index contributed by atoms with van der Waals surface area (Å²) in [5.41, 5.74) is 1.19. The van der Waals surface area contributed by atoms with Crippen LogP contribution in [0.4, 0.5) is 12.0 Å². The van der Waals surface area contributed by atoms with Crippen LogP contribution in [0.1, 0.15) is 56.5 Å². The number of hydrogen-bond donors (Lipinski definition) is 1. The van der Waals surface area contributed by atoms with Crippen molar-refractivity contribution in [1.29, 1.82) is 0 Å². The predicted octanol–water partition coefficient (Wildman–Crippen LogP) is 2.55. The molecular weight excluding hydrogens is 292 g/mol. The van der Waals surface area contributed by atoms with Crippen LogP contribution in [0.2, 0.25) is 0 Å². The standard InChI is InChI=1S/C16H22N6O/c1-10(2)14-20-16(23-21-14)18-12-6-8-22(9-12)15-17-7-5-13(19-15)11-3-4-11/h5,7,10-12H,3-4,6,8-9H2,1-2H3,(H,18,20,21). The molecule has 7 heteroatoms. The molecule has 0 radical (unpaired) electrons. The van der Waals surface area contributed by atoms with Gasteiger partial charge in [0.25, 0.3) is 0 Å². The van der Waals surface area contributed by atoms with E-state index >= 15 is 0 Å². The van der Waals surface area contributed by atoms with Crippen LogP contribution in [0.25, 0.3) is 0 Å². The zero-order chi connectivity index (χ0) is 15.8. The second-order valence-electron chi connectivity index (χ2n) is 6.74. The van der Waals surface area contributed by atoms with Gasteiger partial charge in [-0.25, -0.2) is 9.97 Å². The monoisotopic (exact) mass is 314 g/mol. The number of nitrogens with zero attached hydrogens (tertiary/aromatic N) is 5. The summed E-state index contributed by atoms with van der Waals surface area (Å²) in [4.78, 5) is 15.8. The molecule has 1 aliphatic carbocycles. The fourth-order valence-electron chi connectivity index (χ4n) is 2.88. The van der Waals surface area contributed by atoms with Gasteiger partial charge >= 0.3 is 6.01 Å². The highest BCUT2D eigenvalue weighted by atomic mass is 16.5. The van der Waals surface area contributed by atoms with Crippen LogP contribution >= 0.6 is 0 Å². The number of rotatable bonds is 5. The van der Waals surface area contributed by atoms with E-state index in [1.165, 1.54) is 18.5 Å². The molecule has 1 atom stereocenters. The van der Waals surface area contributed by atoms with Gasteiger partial charge in [-0.2, -0.15) is 4.98 Å². The highest BCUT2D eigenvalue weighted by Crippen LogP contribution is 2.39. The van der Waals surface area contributed by atoms with E-state index in [0.29, 0.717) is 11.9 Å². The molecule has 2 fully saturated rings. The molecule has 2 aromatic heterocycles. The van der Waals surface area contributed by atoms with Crippen molar-refractivity contribution in [2.75, 3.05) is 23.3 Å². The lowest BCUT2D eigenvalue weighted by molar-refractivity contribution is 0.416. The van der Waals surface area contributed by atoms with Crippen LogP contribution < -0.4 is 10.2 Å². The summed E-state index contributed by atoms with van der Waals surface area (Å²) in [7, 11) is 0. The van der Waals surface area contributed by atoms with Gasteiger partial charge in [-0.05, 0) is 25.3 Å². The van der Waals surface area contributed by atoms with Crippen LogP contribution in [-0.4, -0.2) is 39.2 Å². The van der Waals surface area contributed by atoms with Crippen molar-refractivity contribution in [2.45, 2.75) is 51.0 Å². The molecule has 2 aliphatic rings. The average molecular weight is 314 g/mol. The van der Waals surface area contributed by atoms with Crippen LogP contribution in [0, 0.1) is 0 Å². The fraction of sp³-hybridized carbons (Fsp3) is 0.625. The molecule has 1 unspecified atom stereocenters. The number of aromatic nitrogens is 4. The van der Waals surface area contributed by atoms with Crippen molar-refractivity contribution in [1.82, 2.24) is 20.1 Å². The molecule has 1 aliphatic heterocycles. The first-order chi connectivity index (χ1) is 11.2. The smallest absolute Gasteiger partial charge is 0.321 e. The first kappa shape index (κ1) is 14.4. The van der Waals surface area contributed by atoms with E-state index in [2.05, 4.69) is 39.2 Å². The molecule has 3 heterocycles. The molecule has 0 spiro atoms. The molecule has 0 bridgehead atoms. The van der Waals surface area contributed by atoms with Gasteiger partial charge in [0.2, 0.25) is 5.95 Å². The van der Waals surface area contributed by atoms with E-state index in [-0.39, 0.29) is 12.0 Å². The Morgan fingerprint density at radius 1 is 1.26 bits per heavy atom. The first-order valence-electron chi connectivity index (χ1n) is 8.37. The van der Waals surface area contributed by atoms with Crippen LogP contribution in [0.3, 0.4) is 0 Å². The predicted molar refractivity (Wildman–Crippen MR) is 86.6 cm³/mol. The largest absolute Gasteiger partial charge is 0.339 e. The average Bonchev–Trinajstić information content (AvgIpc) is 3.12. The zero-order valence-corrected chi connectivity index (χ0v) is 13.6. The third kappa shape index (κ3) is 3.13. The second kappa shape index (κ2) is 5.79. The van der Waals surface area contributed by atoms with E-state index in [1.54, 1.807) is 0 Å². The van der Waals surface area contributed by atoms with Crippen LogP contribution in [0.5, 0.6) is 0 Å². The van der Waals surface area contributed by atoms with Gasteiger partial charge in [0.15, 0.2) is 5.82 Å². The molecule has 0 aromatic carbocycles. The summed E-state index contributed by atoms with van der Waals surface area (Å²) in [5.74, 6) is 2.50. The zero-order valence-electron chi connectivity index (χ0n) is 13.6. The maximum Gasteiger partial charge on any atom is 0.321 e. The number of anilines is 2. The van der Waals surface area contributed by atoms with Gasteiger partial charge in [-0.1, -0.05) is 19.0 Å². The molecule has 0 amide bonds. The molecule has 1 saturated heterocycles. The number of nitrogens with one attached hydrogen (secondary N) is 1. The molecule has 122 valence electrons. The minimum absolute atomic E-state index is 0.271. The van der Waals surface area contributed by atoms with Gasteiger partial charge in [0, 0.05) is 42.9 Å². The Balaban J connectivity index is 1.39. The maximum absolute atomic E-state index is 5.27. The molecule has 1 saturated carbocycles. The summed E-state index contributed by atoms with van der Waals surface area (Å²) in [6.07, 6.45) is 5.41. The summed E-state index contributed by atoms with van der Waals surface area (Å²) in [5, 5.41) is 7.31. The highest BCUT2D eigenvalue weighted by molar-refractivity contribution is 5.36. The Morgan fingerprint density at radius 2 is 2.13 bits per heavy atom. The Bertz CT molecular complexity index is 681. The van der Waals surface area contributed by atoms with E-state index in [9.17, 15) is 0 Å². The second-order valence-corrected chi connectivity index (χ2v) is 6.74. The Labute approximate surface area is 135 Å². The third-order valence-electron chi connectivity index (χ3n) is 4.42. The molecule has 2 aromatic rings. The van der Waals surface area contributed by atoms with Crippen molar-refractivity contribution in [3.8, 4) is 0 Å². The van der Waals surface area contributed by atoms with E-state index in [4.69, 9.17) is 9.51 Å². The van der Waals surface area contributed by atoms with Gasteiger partial charge < -0.3 is 14.7 Å². The fourth-order valence-corrected chi connectivity index (χ4v) is 2.88. The van der Waals surface area contributed by atoms with E-state index < -0.39 is 0 Å². The van der Waals surface area contributed by atoms with Crippen molar-refractivity contribution in [3.05, 3.63) is 23.8 Å². The maximum atomic E-state index is 5.27. The minimum Gasteiger partial charge on any atom is -0.339 e. The molecule has 1 N–H and O–H groups in total. The Morgan fingerprint density at radius 3 is 2.87 bits per heavy atom. The van der Waals surface area contributed by atoms with Gasteiger partial charge in [0.05, 0.1) is 0 Å².